The normalized spacial score (nSPS) is 11.1. The van der Waals surface area contributed by atoms with E-state index < -0.39 is 16.0 Å². The van der Waals surface area contributed by atoms with E-state index in [0.29, 0.717) is 18.6 Å². The molecule has 0 radical (unpaired) electrons. The number of hydrogen-bond donors (Lipinski definition) is 2. The molecule has 1 rings (SSSR count). The van der Waals surface area contributed by atoms with E-state index in [9.17, 15) is 13.2 Å². The lowest BCUT2D eigenvalue weighted by atomic mass is 10.2. The van der Waals surface area contributed by atoms with Gasteiger partial charge in [-0.3, -0.25) is 4.79 Å². The number of rotatable bonds is 9. The molecule has 1 aromatic carbocycles. The summed E-state index contributed by atoms with van der Waals surface area (Å²) >= 11 is 0. The van der Waals surface area contributed by atoms with Gasteiger partial charge >= 0.3 is 5.97 Å². The monoisotopic (exact) mass is 317 g/mol. The van der Waals surface area contributed by atoms with Gasteiger partial charge < -0.3 is 14.6 Å². The number of aliphatic carboxylic acids is 1. The summed E-state index contributed by atoms with van der Waals surface area (Å²) in [5.41, 5.74) is 0. The van der Waals surface area contributed by atoms with Crippen LogP contribution in [0.2, 0.25) is 0 Å². The van der Waals surface area contributed by atoms with Crippen molar-refractivity contribution in [3.63, 3.8) is 0 Å². The van der Waals surface area contributed by atoms with Crippen molar-refractivity contribution in [2.45, 2.75) is 24.2 Å². The number of sulfonamides is 1. The lowest BCUT2D eigenvalue weighted by Crippen LogP contribution is -2.25. The van der Waals surface area contributed by atoms with Crippen LogP contribution in [0.1, 0.15) is 19.3 Å². The Morgan fingerprint density at radius 1 is 1.24 bits per heavy atom. The summed E-state index contributed by atoms with van der Waals surface area (Å²) in [5.74, 6) is -0.275. The fourth-order valence-electron chi connectivity index (χ4n) is 1.68. The number of unbranched alkanes of at least 4 members (excludes halogenated alkanes) is 1. The van der Waals surface area contributed by atoms with Gasteiger partial charge in [0.2, 0.25) is 10.0 Å². The molecule has 0 aliphatic carbocycles. The van der Waals surface area contributed by atoms with Crippen molar-refractivity contribution in [1.82, 2.24) is 4.72 Å². The zero-order valence-corrected chi connectivity index (χ0v) is 12.8. The first-order chi connectivity index (χ1) is 9.90. The lowest BCUT2D eigenvalue weighted by molar-refractivity contribution is -0.137. The van der Waals surface area contributed by atoms with Crippen molar-refractivity contribution in [2.75, 3.05) is 20.8 Å². The summed E-state index contributed by atoms with van der Waals surface area (Å²) in [5, 5.41) is 8.51. The first-order valence-electron chi connectivity index (χ1n) is 6.34. The highest BCUT2D eigenvalue weighted by Gasteiger charge is 2.20. The zero-order valence-electron chi connectivity index (χ0n) is 12.0. The third-order valence-corrected chi connectivity index (χ3v) is 4.25. The smallest absolute Gasteiger partial charge is 0.303 e. The molecule has 0 saturated heterocycles. The topological polar surface area (TPSA) is 102 Å². The van der Waals surface area contributed by atoms with E-state index >= 15 is 0 Å². The first-order valence-corrected chi connectivity index (χ1v) is 7.82. The Hall–Kier alpha value is -1.80. The number of benzene rings is 1. The average molecular weight is 317 g/mol. The molecule has 0 saturated carbocycles. The Morgan fingerprint density at radius 2 is 1.95 bits per heavy atom. The van der Waals surface area contributed by atoms with Crippen LogP contribution in [-0.4, -0.2) is 40.3 Å². The molecule has 118 valence electrons. The maximum Gasteiger partial charge on any atom is 0.303 e. The number of carbonyl (C=O) groups is 1. The maximum absolute atomic E-state index is 12.2. The quantitative estimate of drug-likeness (QED) is 0.664. The Kier molecular flexibility index (Phi) is 6.44. The second-order valence-electron chi connectivity index (χ2n) is 4.27. The van der Waals surface area contributed by atoms with Crippen LogP contribution in [0.5, 0.6) is 11.5 Å². The summed E-state index contributed by atoms with van der Waals surface area (Å²) in [7, 11) is -0.914. The van der Waals surface area contributed by atoms with Crippen LogP contribution in [-0.2, 0) is 14.8 Å². The van der Waals surface area contributed by atoms with Crippen molar-refractivity contribution < 1.29 is 27.8 Å². The largest absolute Gasteiger partial charge is 0.497 e. The van der Waals surface area contributed by atoms with E-state index in [1.54, 1.807) is 6.07 Å². The Bertz CT molecular complexity index is 584. The predicted molar refractivity (Wildman–Crippen MR) is 76.2 cm³/mol. The highest BCUT2D eigenvalue weighted by atomic mass is 32.2. The molecule has 0 aliphatic heterocycles. The fraction of sp³-hybridized carbons (Fsp3) is 0.462. The predicted octanol–water partition coefficient (Wildman–Crippen LogP) is 1.24. The van der Waals surface area contributed by atoms with Crippen LogP contribution in [0.3, 0.4) is 0 Å². The molecule has 0 aromatic heterocycles. The van der Waals surface area contributed by atoms with Crippen LogP contribution in [0.15, 0.2) is 23.1 Å². The average Bonchev–Trinajstić information content (AvgIpc) is 2.45. The van der Waals surface area contributed by atoms with Crippen LogP contribution < -0.4 is 14.2 Å². The molecule has 0 heterocycles. The van der Waals surface area contributed by atoms with Gasteiger partial charge in [0, 0.05) is 19.0 Å². The molecule has 0 fully saturated rings. The highest BCUT2D eigenvalue weighted by molar-refractivity contribution is 7.89. The van der Waals surface area contributed by atoms with Crippen LogP contribution in [0.25, 0.3) is 0 Å². The maximum atomic E-state index is 12.2. The van der Waals surface area contributed by atoms with Gasteiger partial charge in [0.15, 0.2) is 0 Å². The number of carboxylic acid groups (broad SMARTS) is 1. The molecule has 21 heavy (non-hydrogen) atoms. The van der Waals surface area contributed by atoms with E-state index in [4.69, 9.17) is 14.6 Å². The summed E-state index contributed by atoms with van der Waals surface area (Å²) < 4.78 is 36.9. The Balaban J connectivity index is 2.75. The van der Waals surface area contributed by atoms with E-state index in [0.717, 1.165) is 0 Å². The number of carboxylic acids is 1. The fourth-order valence-corrected chi connectivity index (χ4v) is 2.94. The minimum absolute atomic E-state index is 0.0115. The van der Waals surface area contributed by atoms with E-state index in [2.05, 4.69) is 4.72 Å². The minimum Gasteiger partial charge on any atom is -0.497 e. The molecule has 0 unspecified atom stereocenters. The lowest BCUT2D eigenvalue weighted by Gasteiger charge is -2.12. The molecular weight excluding hydrogens is 298 g/mol. The third kappa shape index (κ3) is 5.24. The molecule has 2 N–H and O–H groups in total. The molecule has 0 spiro atoms. The molecule has 8 heteroatoms. The van der Waals surface area contributed by atoms with Gasteiger partial charge in [0.05, 0.1) is 14.2 Å². The van der Waals surface area contributed by atoms with Gasteiger partial charge in [0.1, 0.15) is 16.4 Å². The Labute approximate surface area is 123 Å². The summed E-state index contributed by atoms with van der Waals surface area (Å²) in [4.78, 5) is 10.4. The van der Waals surface area contributed by atoms with Gasteiger partial charge in [-0.2, -0.15) is 0 Å². The standard InChI is InChI=1S/C13H19NO6S/c1-19-10-6-7-11(20-2)12(9-10)21(17,18)14-8-4-3-5-13(15)16/h6-7,9,14H,3-5,8H2,1-2H3,(H,15,16). The van der Waals surface area contributed by atoms with E-state index in [1.165, 1.54) is 26.4 Å². The number of hydrogen-bond acceptors (Lipinski definition) is 5. The minimum atomic E-state index is -3.74. The van der Waals surface area contributed by atoms with Crippen molar-refractivity contribution in [1.29, 1.82) is 0 Å². The van der Waals surface area contributed by atoms with Crippen molar-refractivity contribution >= 4 is 16.0 Å². The molecular formula is C13H19NO6S. The molecule has 0 aliphatic rings. The molecule has 0 bridgehead atoms. The van der Waals surface area contributed by atoms with Crippen LogP contribution in [0, 0.1) is 0 Å². The van der Waals surface area contributed by atoms with Gasteiger partial charge in [-0.25, -0.2) is 13.1 Å². The van der Waals surface area contributed by atoms with Crippen molar-refractivity contribution in [2.24, 2.45) is 0 Å². The molecule has 0 atom stereocenters. The molecule has 7 nitrogen and oxygen atoms in total. The summed E-state index contributed by atoms with van der Waals surface area (Å²) in [6.07, 6.45) is 0.870. The van der Waals surface area contributed by atoms with Crippen LogP contribution >= 0.6 is 0 Å². The third-order valence-electron chi connectivity index (χ3n) is 2.77. The highest BCUT2D eigenvalue weighted by Crippen LogP contribution is 2.27. The Morgan fingerprint density at radius 3 is 2.52 bits per heavy atom. The second-order valence-corrected chi connectivity index (χ2v) is 6.00. The number of ether oxygens (including phenoxy) is 2. The summed E-state index contributed by atoms with van der Waals surface area (Å²) in [6, 6.07) is 4.49. The van der Waals surface area contributed by atoms with Gasteiger partial charge in [-0.15, -0.1) is 0 Å². The van der Waals surface area contributed by atoms with Crippen molar-refractivity contribution in [3.8, 4) is 11.5 Å². The van der Waals surface area contributed by atoms with Gasteiger partial charge in [-0.1, -0.05) is 0 Å². The molecule has 0 amide bonds. The number of nitrogens with one attached hydrogen (secondary N) is 1. The first kappa shape index (κ1) is 17.3. The van der Waals surface area contributed by atoms with Crippen molar-refractivity contribution in [3.05, 3.63) is 18.2 Å². The number of methoxy groups -OCH3 is 2. The van der Waals surface area contributed by atoms with Crippen LogP contribution in [0.4, 0.5) is 0 Å². The zero-order chi connectivity index (χ0) is 15.9. The molecule has 1 aromatic rings. The van der Waals surface area contributed by atoms with Gasteiger partial charge in [0.25, 0.3) is 0 Å². The van der Waals surface area contributed by atoms with E-state index in [1.807, 2.05) is 0 Å². The second kappa shape index (κ2) is 7.84. The van der Waals surface area contributed by atoms with E-state index in [-0.39, 0.29) is 23.6 Å². The SMILES string of the molecule is COc1ccc(OC)c(S(=O)(=O)NCCCCC(=O)O)c1. The van der Waals surface area contributed by atoms with Gasteiger partial charge in [-0.05, 0) is 25.0 Å². The summed E-state index contributed by atoms with van der Waals surface area (Å²) in [6.45, 7) is 0.163.